The smallest absolute Gasteiger partial charge is 0.335 e. The normalized spacial score (nSPS) is 20.5. The molecule has 7 nitrogen and oxygen atoms in total. The van der Waals surface area contributed by atoms with E-state index < -0.39 is 16.0 Å². The minimum Gasteiger partial charge on any atom is -0.478 e. The van der Waals surface area contributed by atoms with E-state index >= 15 is 0 Å². The molecule has 0 fully saturated rings. The average Bonchev–Trinajstić information content (AvgIpc) is 2.86. The summed E-state index contributed by atoms with van der Waals surface area (Å²) in [5.41, 5.74) is 2.21. The van der Waals surface area contributed by atoms with Gasteiger partial charge in [-0.15, -0.1) is 0 Å². The van der Waals surface area contributed by atoms with Crippen molar-refractivity contribution in [1.29, 1.82) is 0 Å². The van der Waals surface area contributed by atoms with Gasteiger partial charge in [0.1, 0.15) is 6.23 Å². The second-order valence-corrected chi connectivity index (χ2v) is 10.2. The van der Waals surface area contributed by atoms with Crippen molar-refractivity contribution in [1.82, 2.24) is 10.0 Å². The van der Waals surface area contributed by atoms with Gasteiger partial charge in [0.05, 0.1) is 10.5 Å². The number of sulfonamides is 1. The summed E-state index contributed by atoms with van der Waals surface area (Å²) in [4.78, 5) is 11.5. The predicted octanol–water partition coefficient (Wildman–Crippen LogP) is 4.54. The summed E-state index contributed by atoms with van der Waals surface area (Å²) in [7, 11) is -1.92. The van der Waals surface area contributed by atoms with Gasteiger partial charge < -0.3 is 15.2 Å². The predicted molar refractivity (Wildman–Crippen MR) is 139 cm³/mol. The summed E-state index contributed by atoms with van der Waals surface area (Å²) in [6.07, 6.45) is 12.4. The number of aliphatic carboxylic acids is 1. The van der Waals surface area contributed by atoms with Gasteiger partial charge in [-0.05, 0) is 38.0 Å². The van der Waals surface area contributed by atoms with Crippen molar-refractivity contribution in [3.8, 4) is 0 Å². The maximum Gasteiger partial charge on any atom is 0.335 e. The third-order valence-electron chi connectivity index (χ3n) is 6.09. The first-order valence-electron chi connectivity index (χ1n) is 12.1. The number of carboxylic acids is 1. The van der Waals surface area contributed by atoms with Crippen LogP contribution in [0.2, 0.25) is 0 Å². The zero-order valence-electron chi connectivity index (χ0n) is 21.2. The second kappa shape index (κ2) is 13.4. The molecule has 0 heterocycles. The molecule has 0 aromatic heterocycles. The van der Waals surface area contributed by atoms with E-state index in [4.69, 9.17) is 4.74 Å². The summed E-state index contributed by atoms with van der Waals surface area (Å²) >= 11 is 0. The Hall–Kier alpha value is -2.68. The maximum absolute atomic E-state index is 12.5. The first-order chi connectivity index (χ1) is 16.7. The molecule has 3 rings (SSSR count). The fraction of sp³-hybridized carbons (Fsp3) is 0.444. The zero-order chi connectivity index (χ0) is 26.0. The first kappa shape index (κ1) is 28.6. The number of hydrogen-bond donors (Lipinski definition) is 3. The van der Waals surface area contributed by atoms with Gasteiger partial charge in [-0.3, -0.25) is 0 Å². The quantitative estimate of drug-likeness (QED) is 0.384. The highest BCUT2D eigenvalue weighted by atomic mass is 32.2. The number of aryl methyl sites for hydroxylation is 1. The van der Waals surface area contributed by atoms with E-state index in [0.717, 1.165) is 17.7 Å². The molecule has 0 spiro atoms. The van der Waals surface area contributed by atoms with Gasteiger partial charge >= 0.3 is 5.97 Å². The van der Waals surface area contributed by atoms with E-state index in [0.29, 0.717) is 18.5 Å². The highest BCUT2D eigenvalue weighted by Crippen LogP contribution is 2.30. The molecule has 4 unspecified atom stereocenters. The van der Waals surface area contributed by atoms with Crippen molar-refractivity contribution in [3.63, 3.8) is 0 Å². The highest BCUT2D eigenvalue weighted by molar-refractivity contribution is 7.89. The number of nitrogens with one attached hydrogen (secondary N) is 2. The molecule has 2 aliphatic rings. The topological polar surface area (TPSA) is 105 Å². The van der Waals surface area contributed by atoms with Crippen LogP contribution in [-0.4, -0.2) is 39.4 Å². The van der Waals surface area contributed by atoms with Crippen LogP contribution in [0.3, 0.4) is 0 Å². The molecule has 0 radical (unpaired) electrons. The van der Waals surface area contributed by atoms with Crippen LogP contribution in [-0.2, 0) is 19.6 Å². The summed E-state index contributed by atoms with van der Waals surface area (Å²) in [6.45, 7) is 8.27. The number of fused-ring (bicyclic) bond motifs is 1. The molecule has 0 saturated carbocycles. The monoisotopic (exact) mass is 502 g/mol. The van der Waals surface area contributed by atoms with Crippen molar-refractivity contribution >= 4 is 16.0 Å². The minimum absolute atomic E-state index is 0.0193. The van der Waals surface area contributed by atoms with E-state index in [2.05, 4.69) is 23.0 Å². The van der Waals surface area contributed by atoms with E-state index in [1.54, 1.807) is 43.5 Å². The van der Waals surface area contributed by atoms with Gasteiger partial charge in [0.15, 0.2) is 0 Å². The number of allylic oxidation sites excluding steroid dienone is 5. The van der Waals surface area contributed by atoms with Crippen LogP contribution in [0.4, 0.5) is 0 Å². The van der Waals surface area contributed by atoms with Crippen molar-refractivity contribution in [2.75, 3.05) is 13.7 Å². The molecule has 0 aliphatic heterocycles. The molecule has 35 heavy (non-hydrogen) atoms. The van der Waals surface area contributed by atoms with Crippen molar-refractivity contribution < 1.29 is 23.1 Å². The van der Waals surface area contributed by atoms with Crippen LogP contribution >= 0.6 is 0 Å². The lowest BCUT2D eigenvalue weighted by molar-refractivity contribution is -0.132. The first-order valence-corrected chi connectivity index (χ1v) is 13.6. The Labute approximate surface area is 209 Å². The molecule has 2 aliphatic carbocycles. The Morgan fingerprint density at radius 3 is 2.31 bits per heavy atom. The third kappa shape index (κ3) is 7.92. The Balaban J connectivity index is 0.00000210. The number of ether oxygens (including phenoxy) is 1. The van der Waals surface area contributed by atoms with Gasteiger partial charge in [0.2, 0.25) is 10.0 Å². The van der Waals surface area contributed by atoms with E-state index in [1.807, 2.05) is 39.0 Å². The molecule has 4 atom stereocenters. The van der Waals surface area contributed by atoms with Crippen LogP contribution in [0.1, 0.15) is 39.2 Å². The molecule has 3 N–H and O–H groups in total. The number of carbonyl (C=O) groups is 1. The number of hydrogen-bond acceptors (Lipinski definition) is 5. The Morgan fingerprint density at radius 1 is 1.09 bits per heavy atom. The lowest BCUT2D eigenvalue weighted by Gasteiger charge is -2.30. The third-order valence-corrected chi connectivity index (χ3v) is 7.56. The van der Waals surface area contributed by atoms with E-state index in [1.165, 1.54) is 0 Å². The summed E-state index contributed by atoms with van der Waals surface area (Å²) in [6, 6.07) is 6.78. The number of methoxy groups -OCH3 is 1. The largest absolute Gasteiger partial charge is 0.478 e. The lowest BCUT2D eigenvalue weighted by atomic mass is 9.82. The lowest BCUT2D eigenvalue weighted by Crippen LogP contribution is -2.39. The molecule has 0 saturated heterocycles. The van der Waals surface area contributed by atoms with Crippen molar-refractivity contribution in [2.45, 2.75) is 51.7 Å². The van der Waals surface area contributed by atoms with Gasteiger partial charge in [-0.25, -0.2) is 17.9 Å². The standard InChI is InChI=1S/C25H32N2O5S.C2H6/c1-4-18(13-14-26-33(30,31)23-11-5-17(2)6-12-23)24(32-3)27-22-10-9-19-15-21(25(28)29)8-7-20(19)16-22;1-2/h5-12,15-16,18-20,24,26-27H,4,13-14H2,1-3H3,(H,28,29);1-2H3. The number of rotatable bonds is 11. The fourth-order valence-corrected chi connectivity index (χ4v) is 5.11. The Bertz CT molecular complexity index is 1070. The van der Waals surface area contributed by atoms with E-state index in [-0.39, 0.29) is 28.9 Å². The summed E-state index contributed by atoms with van der Waals surface area (Å²) < 4.78 is 33.5. The van der Waals surface area contributed by atoms with Crippen LogP contribution in [0.15, 0.2) is 76.9 Å². The van der Waals surface area contributed by atoms with Crippen molar-refractivity contribution in [2.24, 2.45) is 17.8 Å². The molecule has 0 amide bonds. The number of carboxylic acid groups (broad SMARTS) is 1. The molecular formula is C27H38N2O5S. The maximum atomic E-state index is 12.5. The fourth-order valence-electron chi connectivity index (χ4n) is 4.07. The van der Waals surface area contributed by atoms with Crippen LogP contribution in [0.25, 0.3) is 0 Å². The number of benzene rings is 1. The zero-order valence-corrected chi connectivity index (χ0v) is 22.0. The molecule has 1 aromatic carbocycles. The SMILES string of the molecule is CC.CCC(CCNS(=O)(=O)c1ccc(C)cc1)C(NC1=CC2C=CC(C(=O)O)=CC2C=C1)OC. The summed E-state index contributed by atoms with van der Waals surface area (Å²) in [5.74, 6) is -0.734. The van der Waals surface area contributed by atoms with Crippen LogP contribution < -0.4 is 10.0 Å². The molecule has 0 bridgehead atoms. The average molecular weight is 503 g/mol. The van der Waals surface area contributed by atoms with Crippen LogP contribution in [0, 0.1) is 24.7 Å². The van der Waals surface area contributed by atoms with Crippen LogP contribution in [0.5, 0.6) is 0 Å². The summed E-state index contributed by atoms with van der Waals surface area (Å²) in [5, 5.41) is 12.6. The Kier molecular flexibility index (Phi) is 10.9. The minimum atomic E-state index is -3.55. The second-order valence-electron chi connectivity index (χ2n) is 8.39. The molecule has 192 valence electrons. The highest BCUT2D eigenvalue weighted by Gasteiger charge is 2.25. The van der Waals surface area contributed by atoms with Gasteiger partial charge in [-0.2, -0.15) is 0 Å². The van der Waals surface area contributed by atoms with Crippen molar-refractivity contribution in [3.05, 3.63) is 77.6 Å². The van der Waals surface area contributed by atoms with Gasteiger partial charge in [-0.1, -0.05) is 68.8 Å². The Morgan fingerprint density at radius 2 is 1.71 bits per heavy atom. The molecule has 8 heteroatoms. The van der Waals surface area contributed by atoms with Gasteiger partial charge in [0.25, 0.3) is 0 Å². The van der Waals surface area contributed by atoms with Gasteiger partial charge in [0, 0.05) is 37.1 Å². The molecular weight excluding hydrogens is 464 g/mol. The molecule has 1 aromatic rings. The van der Waals surface area contributed by atoms with E-state index in [9.17, 15) is 18.3 Å².